The van der Waals surface area contributed by atoms with E-state index in [9.17, 15) is 10.3 Å². The van der Waals surface area contributed by atoms with E-state index >= 15 is 0 Å². The summed E-state index contributed by atoms with van der Waals surface area (Å²) >= 11 is 0. The van der Waals surface area contributed by atoms with Crippen LogP contribution in [0.2, 0.25) is 0 Å². The van der Waals surface area contributed by atoms with Crippen molar-refractivity contribution in [1.82, 2.24) is 5.16 Å². The lowest BCUT2D eigenvalue weighted by molar-refractivity contribution is -0.808. The van der Waals surface area contributed by atoms with E-state index < -0.39 is 11.9 Å². The minimum Gasteiger partial charge on any atom is -0.387 e. The average Bonchev–Trinajstić information content (AvgIpc) is 2.62. The second-order valence-electron chi connectivity index (χ2n) is 3.36. The molecule has 0 radical (unpaired) electrons. The smallest absolute Gasteiger partial charge is 0.283 e. The molecule has 7 heteroatoms. The highest BCUT2D eigenvalue weighted by Crippen LogP contribution is 2.36. The van der Waals surface area contributed by atoms with Crippen molar-refractivity contribution in [2.24, 2.45) is 0 Å². The summed E-state index contributed by atoms with van der Waals surface area (Å²) in [6.45, 7) is 0. The van der Waals surface area contributed by atoms with E-state index in [0.717, 1.165) is 0 Å². The van der Waals surface area contributed by atoms with Crippen LogP contribution in [0.4, 0.5) is 0 Å². The standard InChI is InChI=1S/C8H12N2O5/c1-13-8(14-2)6(11)4-3-5-7(8)9-15-10(5)12/h6,11H,3-4H2,1-2H3/t6-/m0/s1. The van der Waals surface area contributed by atoms with Gasteiger partial charge in [-0.3, -0.25) is 4.63 Å². The molecule has 15 heavy (non-hydrogen) atoms. The van der Waals surface area contributed by atoms with Gasteiger partial charge in [-0.1, -0.05) is 0 Å². The number of hydrogen-bond donors (Lipinski definition) is 1. The third kappa shape index (κ3) is 1.24. The van der Waals surface area contributed by atoms with Gasteiger partial charge in [-0.2, -0.15) is 0 Å². The fraction of sp³-hybridized carbons (Fsp3) is 0.750. The summed E-state index contributed by atoms with van der Waals surface area (Å²) in [7, 11) is 2.76. The van der Waals surface area contributed by atoms with Crippen LogP contribution in [0.15, 0.2) is 4.63 Å². The molecule has 0 unspecified atom stereocenters. The van der Waals surface area contributed by atoms with Crippen LogP contribution in [0.5, 0.6) is 0 Å². The van der Waals surface area contributed by atoms with Gasteiger partial charge in [0.1, 0.15) is 6.10 Å². The summed E-state index contributed by atoms with van der Waals surface area (Å²) in [6.07, 6.45) is -0.124. The molecule has 0 saturated carbocycles. The van der Waals surface area contributed by atoms with Crippen molar-refractivity contribution in [2.75, 3.05) is 14.2 Å². The van der Waals surface area contributed by atoms with Crippen LogP contribution in [0, 0.1) is 5.21 Å². The highest BCUT2D eigenvalue weighted by molar-refractivity contribution is 5.17. The first-order valence-corrected chi connectivity index (χ1v) is 4.53. The summed E-state index contributed by atoms with van der Waals surface area (Å²) < 4.78 is 14.7. The minimum absolute atomic E-state index is 0.209. The summed E-state index contributed by atoms with van der Waals surface area (Å²) in [6, 6.07) is 0. The number of aliphatic hydroxyl groups is 1. The van der Waals surface area contributed by atoms with Crippen molar-refractivity contribution in [2.45, 2.75) is 24.7 Å². The average molecular weight is 216 g/mol. The minimum atomic E-state index is -1.40. The number of hydrogen-bond acceptors (Lipinski definition) is 6. The molecule has 0 amide bonds. The van der Waals surface area contributed by atoms with Crippen molar-refractivity contribution < 1.29 is 24.1 Å². The van der Waals surface area contributed by atoms with Crippen molar-refractivity contribution in [3.63, 3.8) is 0 Å². The predicted molar refractivity (Wildman–Crippen MR) is 45.5 cm³/mol. The number of aromatic nitrogens is 2. The fourth-order valence-corrected chi connectivity index (χ4v) is 1.91. The van der Waals surface area contributed by atoms with Gasteiger partial charge in [-0.05, 0) is 11.3 Å². The Kier molecular flexibility index (Phi) is 2.37. The second-order valence-corrected chi connectivity index (χ2v) is 3.36. The van der Waals surface area contributed by atoms with Crippen LogP contribution in [0.3, 0.4) is 0 Å². The first-order valence-electron chi connectivity index (χ1n) is 4.53. The molecular formula is C8H12N2O5. The molecule has 0 fully saturated rings. The molecule has 1 atom stereocenters. The Balaban J connectivity index is 2.54. The van der Waals surface area contributed by atoms with Gasteiger partial charge in [0, 0.05) is 25.8 Å². The highest BCUT2D eigenvalue weighted by atomic mass is 16.8. The summed E-state index contributed by atoms with van der Waals surface area (Å²) in [4.78, 5) is 0.313. The first kappa shape index (κ1) is 10.3. The van der Waals surface area contributed by atoms with Crippen molar-refractivity contribution in [1.29, 1.82) is 0 Å². The Morgan fingerprint density at radius 1 is 1.60 bits per heavy atom. The predicted octanol–water partition coefficient (Wildman–Crippen LogP) is -0.939. The Hall–Kier alpha value is -1.18. The molecule has 1 N–H and O–H groups in total. The Labute approximate surface area is 85.7 Å². The summed E-state index contributed by atoms with van der Waals surface area (Å²) in [5.74, 6) is -1.40. The second kappa shape index (κ2) is 3.44. The van der Waals surface area contributed by atoms with Crippen LogP contribution in [0.1, 0.15) is 17.8 Å². The lowest BCUT2D eigenvalue weighted by Gasteiger charge is -2.33. The number of aliphatic hydroxyl groups excluding tert-OH is 1. The quantitative estimate of drug-likeness (QED) is 0.506. The van der Waals surface area contributed by atoms with Gasteiger partial charge in [0.15, 0.2) is 0 Å². The van der Waals surface area contributed by atoms with Gasteiger partial charge in [0.2, 0.25) is 5.69 Å². The zero-order valence-electron chi connectivity index (χ0n) is 8.47. The van der Waals surface area contributed by atoms with Crippen LogP contribution in [-0.2, 0) is 21.7 Å². The van der Waals surface area contributed by atoms with E-state index in [-0.39, 0.29) is 5.69 Å². The highest BCUT2D eigenvalue weighted by Gasteiger charge is 2.52. The van der Waals surface area contributed by atoms with Crippen molar-refractivity contribution >= 4 is 0 Å². The molecule has 1 heterocycles. The third-order valence-corrected chi connectivity index (χ3v) is 2.73. The molecule has 0 aromatic carbocycles. The molecule has 1 aromatic heterocycles. The van der Waals surface area contributed by atoms with Crippen LogP contribution in [0.25, 0.3) is 0 Å². The van der Waals surface area contributed by atoms with E-state index in [2.05, 4.69) is 9.79 Å². The Bertz CT molecular complexity index is 360. The number of fused-ring (bicyclic) bond motifs is 1. The zero-order chi connectivity index (χ0) is 11.1. The largest absolute Gasteiger partial charge is 0.387 e. The molecule has 0 saturated heterocycles. The molecule has 1 aliphatic carbocycles. The first-order chi connectivity index (χ1) is 7.15. The molecule has 1 aromatic rings. The molecular weight excluding hydrogens is 204 g/mol. The number of nitrogens with zero attached hydrogens (tertiary/aromatic N) is 2. The molecule has 84 valence electrons. The van der Waals surface area contributed by atoms with E-state index in [1.54, 1.807) is 0 Å². The fourth-order valence-electron chi connectivity index (χ4n) is 1.91. The van der Waals surface area contributed by atoms with E-state index in [0.29, 0.717) is 23.4 Å². The molecule has 1 aliphatic rings. The zero-order valence-corrected chi connectivity index (χ0v) is 8.47. The summed E-state index contributed by atoms with van der Waals surface area (Å²) in [5.41, 5.74) is 0.547. The topological polar surface area (TPSA) is 91.7 Å². The maximum atomic E-state index is 11.2. The molecule has 0 bridgehead atoms. The normalized spacial score (nSPS) is 23.8. The monoisotopic (exact) mass is 216 g/mol. The number of methoxy groups -OCH3 is 2. The van der Waals surface area contributed by atoms with Crippen molar-refractivity contribution in [3.8, 4) is 0 Å². The Morgan fingerprint density at radius 3 is 2.87 bits per heavy atom. The number of ether oxygens (including phenoxy) is 2. The lowest BCUT2D eigenvalue weighted by atomic mass is 9.92. The van der Waals surface area contributed by atoms with Crippen LogP contribution in [-0.4, -0.2) is 30.6 Å². The Morgan fingerprint density at radius 2 is 2.27 bits per heavy atom. The molecule has 7 nitrogen and oxygen atoms in total. The maximum absolute atomic E-state index is 11.2. The third-order valence-electron chi connectivity index (χ3n) is 2.73. The van der Waals surface area contributed by atoms with Gasteiger partial charge >= 0.3 is 0 Å². The van der Waals surface area contributed by atoms with Crippen molar-refractivity contribution in [3.05, 3.63) is 16.6 Å². The van der Waals surface area contributed by atoms with E-state index in [1.165, 1.54) is 14.2 Å². The van der Waals surface area contributed by atoms with E-state index in [4.69, 9.17) is 9.47 Å². The molecule has 0 aliphatic heterocycles. The molecule has 2 rings (SSSR count). The van der Waals surface area contributed by atoms with Gasteiger partial charge < -0.3 is 19.8 Å². The van der Waals surface area contributed by atoms with Crippen LogP contribution >= 0.6 is 0 Å². The van der Waals surface area contributed by atoms with Gasteiger partial charge in [-0.25, -0.2) is 0 Å². The number of rotatable bonds is 2. The van der Waals surface area contributed by atoms with E-state index in [1.807, 2.05) is 0 Å². The SMILES string of the molecule is COC1(OC)c2no[n+]([O-])c2CC[C@@H]1O. The van der Waals surface area contributed by atoms with Gasteiger partial charge in [-0.15, -0.1) is 0 Å². The lowest BCUT2D eigenvalue weighted by Crippen LogP contribution is -2.48. The molecule has 0 spiro atoms. The summed E-state index contributed by atoms with van der Waals surface area (Å²) in [5, 5.41) is 24.6. The maximum Gasteiger partial charge on any atom is 0.283 e. The van der Waals surface area contributed by atoms with Gasteiger partial charge in [0.05, 0.1) is 0 Å². The van der Waals surface area contributed by atoms with Crippen LogP contribution < -0.4 is 4.90 Å². The van der Waals surface area contributed by atoms with Gasteiger partial charge in [0.25, 0.3) is 11.5 Å².